The van der Waals surface area contributed by atoms with Crippen molar-refractivity contribution in [3.63, 3.8) is 0 Å². The summed E-state index contributed by atoms with van der Waals surface area (Å²) in [5, 5.41) is 10.00. The largest absolute Gasteiger partial charge is 0.465 e. The zero-order valence-corrected chi connectivity index (χ0v) is 17.7. The summed E-state index contributed by atoms with van der Waals surface area (Å²) < 4.78 is 1.94. The van der Waals surface area contributed by atoms with Gasteiger partial charge in [0.25, 0.3) is 0 Å². The molecular formula is C26H23N3O3. The first-order chi connectivity index (χ1) is 15.6. The maximum absolute atomic E-state index is 12.2. The van der Waals surface area contributed by atoms with Gasteiger partial charge in [0.2, 0.25) is 0 Å². The Morgan fingerprint density at radius 1 is 1.03 bits per heavy atom. The van der Waals surface area contributed by atoms with Gasteiger partial charge in [0.1, 0.15) is 12.1 Å². The monoisotopic (exact) mass is 425 g/mol. The van der Waals surface area contributed by atoms with Crippen LogP contribution in [0.25, 0.3) is 22.2 Å². The summed E-state index contributed by atoms with van der Waals surface area (Å²) in [7, 11) is 1.90. The lowest BCUT2D eigenvalue weighted by molar-refractivity contribution is -0.109. The number of carbonyl (C=O) groups excluding carboxylic acids is 1. The van der Waals surface area contributed by atoms with Gasteiger partial charge in [0, 0.05) is 13.0 Å². The first-order valence-corrected chi connectivity index (χ1v) is 10.6. The predicted molar refractivity (Wildman–Crippen MR) is 123 cm³/mol. The van der Waals surface area contributed by atoms with Crippen LogP contribution in [0, 0.1) is 0 Å². The quantitative estimate of drug-likeness (QED) is 0.441. The number of aldehydes is 1. The maximum atomic E-state index is 12.2. The van der Waals surface area contributed by atoms with Crippen LogP contribution in [0.4, 0.5) is 4.79 Å². The molecule has 0 fully saturated rings. The molecule has 0 saturated carbocycles. The van der Waals surface area contributed by atoms with Crippen molar-refractivity contribution >= 4 is 23.4 Å². The molecule has 0 saturated heterocycles. The molecule has 160 valence electrons. The van der Waals surface area contributed by atoms with Crippen molar-refractivity contribution in [1.82, 2.24) is 14.5 Å². The second-order valence-electron chi connectivity index (χ2n) is 8.10. The number of imidazole rings is 1. The Morgan fingerprint density at radius 3 is 2.22 bits per heavy atom. The Kier molecular flexibility index (Phi) is 4.98. The van der Waals surface area contributed by atoms with Crippen LogP contribution in [0.3, 0.4) is 0 Å². The number of nitrogens with zero attached hydrogens (tertiary/aromatic N) is 3. The molecule has 1 unspecified atom stereocenters. The minimum atomic E-state index is -1.13. The van der Waals surface area contributed by atoms with Crippen molar-refractivity contribution in [3.05, 3.63) is 89.7 Å². The fourth-order valence-electron chi connectivity index (χ4n) is 4.99. The highest BCUT2D eigenvalue weighted by molar-refractivity contribution is 5.79. The van der Waals surface area contributed by atoms with Crippen LogP contribution < -0.4 is 0 Å². The molecule has 1 heterocycles. The van der Waals surface area contributed by atoms with E-state index in [1.165, 1.54) is 27.2 Å². The Hall–Kier alpha value is -3.93. The van der Waals surface area contributed by atoms with Crippen molar-refractivity contribution < 1.29 is 14.7 Å². The lowest BCUT2D eigenvalue weighted by Crippen LogP contribution is -2.37. The van der Waals surface area contributed by atoms with Crippen LogP contribution in [-0.2, 0) is 11.8 Å². The minimum Gasteiger partial charge on any atom is -0.465 e. The predicted octanol–water partition coefficient (Wildman–Crippen LogP) is 5.00. The van der Waals surface area contributed by atoms with E-state index in [1.807, 2.05) is 60.1 Å². The maximum Gasteiger partial charge on any atom is 0.408 e. The van der Waals surface area contributed by atoms with E-state index < -0.39 is 12.1 Å². The van der Waals surface area contributed by atoms with E-state index in [1.54, 1.807) is 0 Å². The van der Waals surface area contributed by atoms with Crippen molar-refractivity contribution in [2.45, 2.75) is 18.4 Å². The molecule has 32 heavy (non-hydrogen) atoms. The number of hydrogen-bond donors (Lipinski definition) is 1. The molecule has 0 radical (unpaired) electrons. The van der Waals surface area contributed by atoms with E-state index in [9.17, 15) is 14.7 Å². The summed E-state index contributed by atoms with van der Waals surface area (Å²) in [4.78, 5) is 29.6. The number of benzene rings is 3. The Morgan fingerprint density at radius 2 is 1.62 bits per heavy atom. The average molecular weight is 425 g/mol. The number of fused-ring (bicyclic) bond motifs is 4. The topological polar surface area (TPSA) is 75.4 Å². The third-order valence-electron chi connectivity index (χ3n) is 6.43. The molecule has 0 bridgehead atoms. The van der Waals surface area contributed by atoms with Crippen molar-refractivity contribution in [2.24, 2.45) is 7.05 Å². The Bertz CT molecular complexity index is 1280. The van der Waals surface area contributed by atoms with Gasteiger partial charge in [-0.15, -0.1) is 0 Å². The van der Waals surface area contributed by atoms with Crippen LogP contribution in [-0.4, -0.2) is 38.5 Å². The third kappa shape index (κ3) is 3.15. The first-order valence-electron chi connectivity index (χ1n) is 10.6. The number of aryl methyl sites for hydroxylation is 1. The van der Waals surface area contributed by atoms with Gasteiger partial charge in [-0.3, -0.25) is 4.90 Å². The molecule has 1 atom stereocenters. The van der Waals surface area contributed by atoms with Gasteiger partial charge in [-0.05, 0) is 40.8 Å². The molecule has 1 aliphatic carbocycles. The van der Waals surface area contributed by atoms with Crippen molar-refractivity contribution in [2.75, 3.05) is 6.54 Å². The summed E-state index contributed by atoms with van der Waals surface area (Å²) >= 11 is 0. The van der Waals surface area contributed by atoms with Crippen LogP contribution >= 0.6 is 0 Å². The van der Waals surface area contributed by atoms with Gasteiger partial charge >= 0.3 is 6.09 Å². The number of aromatic nitrogens is 2. The van der Waals surface area contributed by atoms with Gasteiger partial charge in [-0.25, -0.2) is 9.78 Å². The molecule has 6 nitrogen and oxygen atoms in total. The second kappa shape index (κ2) is 7.96. The SMILES string of the molecule is Cn1c(C(CC2c3ccccc3-c3ccccc32)N(CC=O)C(=O)O)nc2ccccc21. The Balaban J connectivity index is 1.66. The normalized spacial score (nSPS) is 13.5. The average Bonchev–Trinajstić information content (AvgIpc) is 3.31. The molecule has 4 aromatic rings. The number of carboxylic acid groups (broad SMARTS) is 1. The van der Waals surface area contributed by atoms with E-state index in [4.69, 9.17) is 4.98 Å². The number of carbonyl (C=O) groups is 2. The first kappa shape index (κ1) is 20.0. The van der Waals surface area contributed by atoms with Gasteiger partial charge in [-0.1, -0.05) is 60.7 Å². The van der Waals surface area contributed by atoms with Crippen molar-refractivity contribution in [1.29, 1.82) is 0 Å². The van der Waals surface area contributed by atoms with Crippen LogP contribution in [0.5, 0.6) is 0 Å². The summed E-state index contributed by atoms with van der Waals surface area (Å²) in [5.41, 5.74) is 6.43. The summed E-state index contributed by atoms with van der Waals surface area (Å²) in [5.74, 6) is 0.637. The smallest absolute Gasteiger partial charge is 0.408 e. The minimum absolute atomic E-state index is 0.000661. The van der Waals surface area contributed by atoms with Crippen molar-refractivity contribution in [3.8, 4) is 11.1 Å². The fraction of sp³-hybridized carbons (Fsp3) is 0.192. The second-order valence-corrected chi connectivity index (χ2v) is 8.10. The van der Waals surface area contributed by atoms with E-state index in [2.05, 4.69) is 24.3 Å². The zero-order chi connectivity index (χ0) is 22.2. The zero-order valence-electron chi connectivity index (χ0n) is 17.7. The molecule has 5 rings (SSSR count). The molecule has 1 amide bonds. The van der Waals surface area contributed by atoms with Crippen LogP contribution in [0.1, 0.15) is 35.3 Å². The molecule has 0 spiro atoms. The lowest BCUT2D eigenvalue weighted by Gasteiger charge is -2.30. The molecule has 0 aliphatic heterocycles. The van der Waals surface area contributed by atoms with Gasteiger partial charge < -0.3 is 14.5 Å². The molecule has 1 aromatic heterocycles. The number of rotatable bonds is 6. The number of amides is 1. The highest BCUT2D eigenvalue weighted by Gasteiger charge is 2.36. The van der Waals surface area contributed by atoms with E-state index in [-0.39, 0.29) is 12.5 Å². The number of para-hydroxylation sites is 2. The molecule has 1 N–H and O–H groups in total. The number of hydrogen-bond acceptors (Lipinski definition) is 3. The van der Waals surface area contributed by atoms with Crippen LogP contribution in [0.15, 0.2) is 72.8 Å². The summed E-state index contributed by atoms with van der Waals surface area (Å²) in [6, 6.07) is 23.7. The lowest BCUT2D eigenvalue weighted by atomic mass is 9.89. The van der Waals surface area contributed by atoms with Gasteiger partial charge in [0.05, 0.1) is 23.6 Å². The van der Waals surface area contributed by atoms with Crippen LogP contribution in [0.2, 0.25) is 0 Å². The van der Waals surface area contributed by atoms with Gasteiger partial charge in [-0.2, -0.15) is 0 Å². The highest BCUT2D eigenvalue weighted by Crippen LogP contribution is 2.48. The molecule has 3 aromatic carbocycles. The highest BCUT2D eigenvalue weighted by atomic mass is 16.4. The van der Waals surface area contributed by atoms with E-state index in [0.717, 1.165) is 11.0 Å². The molecular weight excluding hydrogens is 402 g/mol. The van der Waals surface area contributed by atoms with Gasteiger partial charge in [0.15, 0.2) is 0 Å². The fourth-order valence-corrected chi connectivity index (χ4v) is 4.99. The van der Waals surface area contributed by atoms with E-state index in [0.29, 0.717) is 18.5 Å². The third-order valence-corrected chi connectivity index (χ3v) is 6.43. The summed E-state index contributed by atoms with van der Waals surface area (Å²) in [6.45, 7) is -0.209. The van der Waals surface area contributed by atoms with E-state index >= 15 is 0 Å². The summed E-state index contributed by atoms with van der Waals surface area (Å²) in [6.07, 6.45) is -0.000213. The molecule has 1 aliphatic rings. The Labute approximate surface area is 185 Å². The standard InChI is InChI=1S/C26H23N3O3/c1-28-23-13-7-6-12-22(23)27-25(28)24(29(14-15-30)26(31)32)16-21-19-10-4-2-8-17(19)18-9-3-5-11-20(18)21/h2-13,15,21,24H,14,16H2,1H3,(H,31,32). The molecule has 6 heteroatoms.